The van der Waals surface area contributed by atoms with E-state index in [-0.39, 0.29) is 5.75 Å². The summed E-state index contributed by atoms with van der Waals surface area (Å²) in [6.07, 6.45) is 1.67. The van der Waals surface area contributed by atoms with E-state index in [1.807, 2.05) is 38.1 Å². The van der Waals surface area contributed by atoms with E-state index in [2.05, 4.69) is 26.5 Å². The van der Waals surface area contributed by atoms with Gasteiger partial charge in [0.2, 0.25) is 0 Å². The molecular weight excluding hydrogens is 332 g/mol. The largest absolute Gasteiger partial charge is 0.503 e. The molecule has 0 unspecified atom stereocenters. The van der Waals surface area contributed by atoms with Gasteiger partial charge in [0.25, 0.3) is 0 Å². The van der Waals surface area contributed by atoms with E-state index < -0.39 is 0 Å². The average molecular weight is 349 g/mol. The Labute approximate surface area is 132 Å². The summed E-state index contributed by atoms with van der Waals surface area (Å²) in [6.45, 7) is 4.39. The number of phenolic OH excluding ortho intramolecular Hbond substituents is 1. The van der Waals surface area contributed by atoms with Crippen molar-refractivity contribution in [2.75, 3.05) is 12.0 Å². The summed E-state index contributed by atoms with van der Waals surface area (Å²) in [4.78, 5) is 0. The molecule has 0 aliphatic carbocycles. The fourth-order valence-corrected chi connectivity index (χ4v) is 2.20. The number of benzene rings is 2. The van der Waals surface area contributed by atoms with Gasteiger partial charge in [-0.2, -0.15) is 5.10 Å². The number of ether oxygens (including phenoxy) is 1. The second kappa shape index (κ2) is 7.13. The molecule has 21 heavy (non-hydrogen) atoms. The molecule has 0 fully saturated rings. The summed E-state index contributed by atoms with van der Waals surface area (Å²) in [5, 5.41) is 14.0. The Balaban J connectivity index is 2.11. The minimum Gasteiger partial charge on any atom is -0.503 e. The zero-order valence-electron chi connectivity index (χ0n) is 11.9. The lowest BCUT2D eigenvalue weighted by atomic mass is 10.2. The van der Waals surface area contributed by atoms with Crippen LogP contribution in [-0.4, -0.2) is 17.9 Å². The quantitative estimate of drug-likeness (QED) is 0.625. The minimum atomic E-state index is 0.0977. The van der Waals surface area contributed by atoms with Crippen molar-refractivity contribution >= 4 is 27.8 Å². The van der Waals surface area contributed by atoms with Gasteiger partial charge in [-0.1, -0.05) is 17.7 Å². The smallest absolute Gasteiger partial charge is 0.172 e. The second-order valence-electron chi connectivity index (χ2n) is 4.52. The van der Waals surface area contributed by atoms with E-state index in [4.69, 9.17) is 4.74 Å². The van der Waals surface area contributed by atoms with E-state index in [0.717, 1.165) is 11.3 Å². The predicted molar refractivity (Wildman–Crippen MR) is 89.4 cm³/mol. The molecule has 0 aromatic heterocycles. The zero-order chi connectivity index (χ0) is 15.2. The van der Waals surface area contributed by atoms with Crippen LogP contribution in [0.15, 0.2) is 46.0 Å². The number of hydrogen-bond donors (Lipinski definition) is 2. The second-order valence-corrected chi connectivity index (χ2v) is 5.37. The van der Waals surface area contributed by atoms with Gasteiger partial charge in [0.1, 0.15) is 0 Å². The third-order valence-electron chi connectivity index (χ3n) is 2.81. The summed E-state index contributed by atoms with van der Waals surface area (Å²) in [6, 6.07) is 11.5. The maximum atomic E-state index is 9.85. The Bertz CT molecular complexity index is 639. The maximum Gasteiger partial charge on any atom is 0.172 e. The summed E-state index contributed by atoms with van der Waals surface area (Å²) >= 11 is 3.30. The van der Waals surface area contributed by atoms with Gasteiger partial charge in [0, 0.05) is 0 Å². The maximum absolute atomic E-state index is 9.85. The molecule has 0 saturated heterocycles. The molecule has 0 bridgehead atoms. The Kier molecular flexibility index (Phi) is 5.22. The highest BCUT2D eigenvalue weighted by Crippen LogP contribution is 2.35. The lowest BCUT2D eigenvalue weighted by Gasteiger charge is -2.08. The first-order valence-electron chi connectivity index (χ1n) is 6.61. The topological polar surface area (TPSA) is 53.8 Å². The van der Waals surface area contributed by atoms with Gasteiger partial charge < -0.3 is 9.84 Å². The van der Waals surface area contributed by atoms with Crippen molar-refractivity contribution in [3.63, 3.8) is 0 Å². The van der Waals surface area contributed by atoms with Crippen LogP contribution >= 0.6 is 15.9 Å². The lowest BCUT2D eigenvalue weighted by molar-refractivity contribution is 0.317. The number of hydrazone groups is 1. The summed E-state index contributed by atoms with van der Waals surface area (Å²) in [5.41, 5.74) is 5.90. The van der Waals surface area contributed by atoms with Crippen molar-refractivity contribution in [2.24, 2.45) is 5.10 Å². The molecule has 4 nitrogen and oxygen atoms in total. The number of hydrogen-bond acceptors (Lipinski definition) is 4. The van der Waals surface area contributed by atoms with Crippen LogP contribution in [0.1, 0.15) is 18.1 Å². The highest BCUT2D eigenvalue weighted by molar-refractivity contribution is 9.10. The Morgan fingerprint density at radius 3 is 2.67 bits per heavy atom. The van der Waals surface area contributed by atoms with Crippen molar-refractivity contribution in [1.82, 2.24) is 0 Å². The SMILES string of the molecule is CCOc1cc(/C=N/Nc2ccc(C)cc2)cc(Br)c1O. The van der Waals surface area contributed by atoms with Gasteiger partial charge in [-0.25, -0.2) is 0 Å². The molecule has 5 heteroatoms. The van der Waals surface area contributed by atoms with Crippen LogP contribution in [0.25, 0.3) is 0 Å². The van der Waals surface area contributed by atoms with Crippen molar-refractivity contribution in [3.8, 4) is 11.5 Å². The molecule has 2 aromatic carbocycles. The van der Waals surface area contributed by atoms with E-state index >= 15 is 0 Å². The molecule has 2 N–H and O–H groups in total. The number of nitrogens with zero attached hydrogens (tertiary/aromatic N) is 1. The first kappa shape index (κ1) is 15.4. The number of nitrogens with one attached hydrogen (secondary N) is 1. The van der Waals surface area contributed by atoms with Gasteiger partial charge in [0.05, 0.1) is 23.0 Å². The Hall–Kier alpha value is -2.01. The molecule has 0 spiro atoms. The van der Waals surface area contributed by atoms with Crippen molar-refractivity contribution in [2.45, 2.75) is 13.8 Å². The molecule has 110 valence electrons. The standard InChI is InChI=1S/C16H17BrN2O2/c1-3-21-15-9-12(8-14(17)16(15)20)10-18-19-13-6-4-11(2)5-7-13/h4-10,19-20H,3H2,1-2H3/b18-10+. The first-order valence-corrected chi connectivity index (χ1v) is 7.40. The van der Waals surface area contributed by atoms with Crippen molar-refractivity contribution < 1.29 is 9.84 Å². The summed E-state index contributed by atoms with van der Waals surface area (Å²) in [5.74, 6) is 0.532. The van der Waals surface area contributed by atoms with E-state index in [9.17, 15) is 5.11 Å². The molecule has 2 rings (SSSR count). The Morgan fingerprint density at radius 1 is 1.29 bits per heavy atom. The fraction of sp³-hybridized carbons (Fsp3) is 0.188. The predicted octanol–water partition coefficient (Wildman–Crippen LogP) is 4.31. The van der Waals surface area contributed by atoms with Crippen molar-refractivity contribution in [1.29, 1.82) is 0 Å². The van der Waals surface area contributed by atoms with Gasteiger partial charge in [0.15, 0.2) is 11.5 Å². The number of halogens is 1. The monoisotopic (exact) mass is 348 g/mol. The van der Waals surface area contributed by atoms with Gasteiger partial charge >= 0.3 is 0 Å². The highest BCUT2D eigenvalue weighted by atomic mass is 79.9. The van der Waals surface area contributed by atoms with Crippen LogP contribution in [0.3, 0.4) is 0 Å². The molecular formula is C16H17BrN2O2. The normalized spacial score (nSPS) is 10.8. The molecule has 0 aliphatic heterocycles. The highest BCUT2D eigenvalue weighted by Gasteiger charge is 2.08. The molecule has 2 aromatic rings. The van der Waals surface area contributed by atoms with E-state index in [1.165, 1.54) is 5.56 Å². The molecule has 0 aliphatic rings. The lowest BCUT2D eigenvalue weighted by Crippen LogP contribution is -1.95. The third kappa shape index (κ3) is 4.23. The summed E-state index contributed by atoms with van der Waals surface area (Å²) < 4.78 is 5.95. The van der Waals surface area contributed by atoms with Crippen LogP contribution in [0.5, 0.6) is 11.5 Å². The number of aromatic hydroxyl groups is 1. The van der Waals surface area contributed by atoms with Crippen molar-refractivity contribution in [3.05, 3.63) is 52.0 Å². The van der Waals surface area contributed by atoms with Crippen LogP contribution < -0.4 is 10.2 Å². The van der Waals surface area contributed by atoms with Crippen LogP contribution in [0, 0.1) is 6.92 Å². The molecule has 0 atom stereocenters. The van der Waals surface area contributed by atoms with Crippen LogP contribution in [0.2, 0.25) is 0 Å². The summed E-state index contributed by atoms with van der Waals surface area (Å²) in [7, 11) is 0. The van der Waals surface area contributed by atoms with Crippen LogP contribution in [0.4, 0.5) is 5.69 Å². The van der Waals surface area contributed by atoms with E-state index in [1.54, 1.807) is 18.3 Å². The molecule has 0 radical (unpaired) electrons. The number of rotatable bonds is 5. The first-order chi connectivity index (χ1) is 10.1. The molecule has 0 saturated carbocycles. The zero-order valence-corrected chi connectivity index (χ0v) is 13.5. The van der Waals surface area contributed by atoms with Gasteiger partial charge in [-0.15, -0.1) is 0 Å². The minimum absolute atomic E-state index is 0.0977. The number of aryl methyl sites for hydroxylation is 1. The third-order valence-corrected chi connectivity index (χ3v) is 3.41. The molecule has 0 heterocycles. The number of phenols is 1. The molecule has 0 amide bonds. The van der Waals surface area contributed by atoms with E-state index in [0.29, 0.717) is 16.8 Å². The Morgan fingerprint density at radius 2 is 2.00 bits per heavy atom. The van der Waals surface area contributed by atoms with Gasteiger partial charge in [-0.05, 0) is 59.6 Å². The van der Waals surface area contributed by atoms with Crippen LogP contribution in [-0.2, 0) is 0 Å². The average Bonchev–Trinajstić information content (AvgIpc) is 2.46. The number of anilines is 1. The fourth-order valence-electron chi connectivity index (χ4n) is 1.74. The van der Waals surface area contributed by atoms with Gasteiger partial charge in [-0.3, -0.25) is 5.43 Å².